The van der Waals surface area contributed by atoms with Crippen LogP contribution in [0.2, 0.25) is 0 Å². The van der Waals surface area contributed by atoms with E-state index in [0.29, 0.717) is 5.69 Å². The fourth-order valence-electron chi connectivity index (χ4n) is 3.03. The number of hydrogen-bond acceptors (Lipinski definition) is 2. The summed E-state index contributed by atoms with van der Waals surface area (Å²) < 4.78 is 27.4. The van der Waals surface area contributed by atoms with Crippen molar-refractivity contribution < 1.29 is 13.6 Å². The molecule has 0 unspecified atom stereocenters. The zero-order chi connectivity index (χ0) is 16.9. The van der Waals surface area contributed by atoms with Gasteiger partial charge in [-0.25, -0.2) is 8.78 Å². The summed E-state index contributed by atoms with van der Waals surface area (Å²) >= 11 is 0. The van der Waals surface area contributed by atoms with Crippen LogP contribution < -0.4 is 5.32 Å². The molecule has 3 nitrogen and oxygen atoms in total. The summed E-state index contributed by atoms with van der Waals surface area (Å²) in [5, 5.41) is 2.58. The lowest BCUT2D eigenvalue weighted by Gasteiger charge is -2.26. The summed E-state index contributed by atoms with van der Waals surface area (Å²) in [4.78, 5) is 14.5. The molecular weight excluding hydrogens is 310 g/mol. The van der Waals surface area contributed by atoms with Gasteiger partial charge in [0.2, 0.25) is 0 Å². The van der Waals surface area contributed by atoms with Crippen LogP contribution >= 0.6 is 0 Å². The molecular formula is C19H20F2N2O. The molecule has 1 N–H and O–H groups in total. The molecule has 24 heavy (non-hydrogen) atoms. The topological polar surface area (TPSA) is 32.3 Å². The molecule has 0 aromatic heterocycles. The molecule has 0 spiro atoms. The minimum absolute atomic E-state index is 0.539. The van der Waals surface area contributed by atoms with Crippen LogP contribution in [-0.4, -0.2) is 23.9 Å². The maximum absolute atomic E-state index is 13.7. The number of carbonyl (C=O) groups is 1. The van der Waals surface area contributed by atoms with Gasteiger partial charge < -0.3 is 5.32 Å². The van der Waals surface area contributed by atoms with Crippen molar-refractivity contribution in [1.29, 1.82) is 0 Å². The summed E-state index contributed by atoms with van der Waals surface area (Å²) in [6, 6.07) is 10.8. The molecule has 126 valence electrons. The first-order chi connectivity index (χ1) is 11.6. The molecule has 0 radical (unpaired) electrons. The average Bonchev–Trinajstić information content (AvgIpc) is 2.56. The normalized spacial score (nSPS) is 15.2. The van der Waals surface area contributed by atoms with Crippen LogP contribution in [0, 0.1) is 11.6 Å². The fraction of sp³-hybridized carbons (Fsp3) is 0.316. The quantitative estimate of drug-likeness (QED) is 0.911. The third-order valence-corrected chi connectivity index (χ3v) is 4.23. The highest BCUT2D eigenvalue weighted by Crippen LogP contribution is 2.18. The van der Waals surface area contributed by atoms with E-state index in [1.165, 1.54) is 25.3 Å². The Morgan fingerprint density at radius 1 is 1.00 bits per heavy atom. The Morgan fingerprint density at radius 3 is 2.38 bits per heavy atom. The van der Waals surface area contributed by atoms with Gasteiger partial charge in [-0.1, -0.05) is 24.6 Å². The number of benzene rings is 2. The summed E-state index contributed by atoms with van der Waals surface area (Å²) in [7, 11) is 0. The number of rotatable bonds is 4. The molecule has 3 rings (SSSR count). The largest absolute Gasteiger partial charge is 0.322 e. The van der Waals surface area contributed by atoms with Crippen molar-refractivity contribution in [2.24, 2.45) is 0 Å². The van der Waals surface area contributed by atoms with E-state index in [1.54, 1.807) is 6.07 Å². The molecule has 2 aromatic rings. The monoisotopic (exact) mass is 330 g/mol. The van der Waals surface area contributed by atoms with Crippen molar-refractivity contribution >= 4 is 11.6 Å². The molecule has 5 heteroatoms. The number of nitrogens with one attached hydrogen (secondary N) is 1. The van der Waals surface area contributed by atoms with E-state index in [-0.39, 0.29) is 0 Å². The molecule has 0 atom stereocenters. The number of carbonyl (C=O) groups excluding carboxylic acids is 1. The van der Waals surface area contributed by atoms with Gasteiger partial charge in [0, 0.05) is 12.2 Å². The van der Waals surface area contributed by atoms with Crippen LogP contribution in [0.4, 0.5) is 14.5 Å². The Hall–Kier alpha value is -2.27. The van der Waals surface area contributed by atoms with E-state index >= 15 is 0 Å². The van der Waals surface area contributed by atoms with Crippen LogP contribution in [-0.2, 0) is 6.54 Å². The highest BCUT2D eigenvalue weighted by atomic mass is 19.1. The standard InChI is InChI=1S/C19H20F2N2O/c20-16-8-5-9-17(21)18(16)19(24)22-15-7-4-6-14(12-15)13-23-10-2-1-3-11-23/h4-9,12H,1-3,10-11,13H2,(H,22,24). The van der Waals surface area contributed by atoms with E-state index in [1.807, 2.05) is 18.2 Å². The van der Waals surface area contributed by atoms with E-state index in [0.717, 1.165) is 37.3 Å². The van der Waals surface area contributed by atoms with Gasteiger partial charge in [0.1, 0.15) is 17.2 Å². The number of nitrogens with zero attached hydrogens (tertiary/aromatic N) is 1. The maximum atomic E-state index is 13.7. The SMILES string of the molecule is O=C(Nc1cccc(CN2CCCCC2)c1)c1c(F)cccc1F. The van der Waals surface area contributed by atoms with Crippen molar-refractivity contribution in [3.8, 4) is 0 Å². The average molecular weight is 330 g/mol. The lowest BCUT2D eigenvalue weighted by Crippen LogP contribution is -2.29. The minimum atomic E-state index is -0.864. The first-order valence-corrected chi connectivity index (χ1v) is 8.20. The fourth-order valence-corrected chi connectivity index (χ4v) is 3.03. The molecule has 0 aliphatic carbocycles. The van der Waals surface area contributed by atoms with Crippen LogP contribution in [0.3, 0.4) is 0 Å². The van der Waals surface area contributed by atoms with Crippen LogP contribution in [0.5, 0.6) is 0 Å². The number of piperidine rings is 1. The van der Waals surface area contributed by atoms with E-state index in [2.05, 4.69) is 10.2 Å². The summed E-state index contributed by atoms with van der Waals surface area (Å²) in [5.41, 5.74) is 1.06. The Balaban J connectivity index is 1.71. The molecule has 0 bridgehead atoms. The Kier molecular flexibility index (Phi) is 5.20. The van der Waals surface area contributed by atoms with Gasteiger partial charge in [-0.05, 0) is 55.8 Å². The van der Waals surface area contributed by atoms with E-state index in [4.69, 9.17) is 0 Å². The Labute approximate surface area is 140 Å². The highest BCUT2D eigenvalue weighted by Gasteiger charge is 2.17. The molecule has 1 heterocycles. The number of halogens is 2. The van der Waals surface area contributed by atoms with E-state index in [9.17, 15) is 13.6 Å². The lowest BCUT2D eigenvalue weighted by molar-refractivity contribution is 0.101. The highest BCUT2D eigenvalue weighted by molar-refractivity contribution is 6.04. The molecule has 1 fully saturated rings. The van der Waals surface area contributed by atoms with Gasteiger partial charge >= 0.3 is 0 Å². The zero-order valence-electron chi connectivity index (χ0n) is 13.4. The second-order valence-corrected chi connectivity index (χ2v) is 6.09. The molecule has 1 aliphatic heterocycles. The number of likely N-dealkylation sites (tertiary alicyclic amines) is 1. The molecule has 1 aliphatic rings. The smallest absolute Gasteiger partial charge is 0.261 e. The first kappa shape index (κ1) is 16.6. The number of anilines is 1. The van der Waals surface area contributed by atoms with E-state index < -0.39 is 23.1 Å². The van der Waals surface area contributed by atoms with Crippen molar-refractivity contribution in [2.45, 2.75) is 25.8 Å². The first-order valence-electron chi connectivity index (χ1n) is 8.20. The zero-order valence-corrected chi connectivity index (χ0v) is 13.4. The second-order valence-electron chi connectivity index (χ2n) is 6.09. The van der Waals surface area contributed by atoms with Gasteiger partial charge in [-0.15, -0.1) is 0 Å². The molecule has 1 amide bonds. The summed E-state index contributed by atoms with van der Waals surface area (Å²) in [6.45, 7) is 2.98. The Morgan fingerprint density at radius 2 is 1.67 bits per heavy atom. The van der Waals surface area contributed by atoms with Gasteiger partial charge in [0.05, 0.1) is 0 Å². The van der Waals surface area contributed by atoms with Crippen molar-refractivity contribution in [3.05, 3.63) is 65.2 Å². The second kappa shape index (κ2) is 7.53. The summed E-state index contributed by atoms with van der Waals surface area (Å²) in [6.07, 6.45) is 3.70. The van der Waals surface area contributed by atoms with Gasteiger partial charge in [0.15, 0.2) is 0 Å². The predicted octanol–water partition coefficient (Wildman–Crippen LogP) is 4.20. The van der Waals surface area contributed by atoms with Crippen LogP contribution in [0.1, 0.15) is 35.2 Å². The maximum Gasteiger partial charge on any atom is 0.261 e. The summed E-state index contributed by atoms with van der Waals surface area (Å²) in [5.74, 6) is -2.50. The van der Waals surface area contributed by atoms with Gasteiger partial charge in [-0.2, -0.15) is 0 Å². The third-order valence-electron chi connectivity index (χ3n) is 4.23. The molecule has 1 saturated heterocycles. The van der Waals surface area contributed by atoms with Gasteiger partial charge in [-0.3, -0.25) is 9.69 Å². The molecule has 2 aromatic carbocycles. The van der Waals surface area contributed by atoms with Crippen molar-refractivity contribution in [3.63, 3.8) is 0 Å². The lowest BCUT2D eigenvalue weighted by atomic mass is 10.1. The third kappa shape index (κ3) is 3.97. The Bertz CT molecular complexity index is 707. The van der Waals surface area contributed by atoms with Crippen molar-refractivity contribution in [2.75, 3.05) is 18.4 Å². The number of amides is 1. The van der Waals surface area contributed by atoms with Gasteiger partial charge in [0.25, 0.3) is 5.91 Å². The minimum Gasteiger partial charge on any atom is -0.322 e. The van der Waals surface area contributed by atoms with Crippen LogP contribution in [0.15, 0.2) is 42.5 Å². The molecule has 0 saturated carbocycles. The van der Waals surface area contributed by atoms with Crippen LogP contribution in [0.25, 0.3) is 0 Å². The number of hydrogen-bond donors (Lipinski definition) is 1. The van der Waals surface area contributed by atoms with Crippen molar-refractivity contribution in [1.82, 2.24) is 4.90 Å². The predicted molar refractivity (Wildman–Crippen MR) is 89.9 cm³/mol.